The van der Waals surface area contributed by atoms with Gasteiger partial charge in [-0.1, -0.05) is 66.7 Å². The van der Waals surface area contributed by atoms with Gasteiger partial charge in [-0.15, -0.1) is 0 Å². The van der Waals surface area contributed by atoms with Crippen molar-refractivity contribution in [1.82, 2.24) is 5.32 Å². The fraction of sp³-hybridized carbons (Fsp3) is 0.250. The highest BCUT2D eigenvalue weighted by Gasteiger charge is 2.03. The van der Waals surface area contributed by atoms with Gasteiger partial charge in [0.25, 0.3) is 0 Å². The van der Waals surface area contributed by atoms with Crippen molar-refractivity contribution in [3.05, 3.63) is 77.9 Å². The highest BCUT2D eigenvalue weighted by Crippen LogP contribution is 2.23. The van der Waals surface area contributed by atoms with Gasteiger partial charge in [0.1, 0.15) is 0 Å². The van der Waals surface area contributed by atoms with Gasteiger partial charge in [0.05, 0.1) is 13.5 Å². The number of hydrogen-bond donors (Lipinski definition) is 1. The minimum Gasteiger partial charge on any atom is -0.469 e. The van der Waals surface area contributed by atoms with E-state index >= 15 is 0 Å². The Labute approximate surface area is 138 Å². The molecule has 2 aromatic rings. The summed E-state index contributed by atoms with van der Waals surface area (Å²) in [6, 6.07) is 20.8. The van der Waals surface area contributed by atoms with Gasteiger partial charge in [-0.05, 0) is 29.7 Å². The third-order valence-corrected chi connectivity index (χ3v) is 3.57. The Hall–Kier alpha value is -2.39. The van der Waals surface area contributed by atoms with Crippen LogP contribution in [0.2, 0.25) is 0 Å². The summed E-state index contributed by atoms with van der Waals surface area (Å²) in [5.41, 5.74) is 3.67. The van der Waals surface area contributed by atoms with E-state index in [0.717, 1.165) is 13.0 Å². The molecule has 0 saturated heterocycles. The van der Waals surface area contributed by atoms with Crippen molar-refractivity contribution in [3.63, 3.8) is 0 Å². The first kappa shape index (κ1) is 17.0. The van der Waals surface area contributed by atoms with Crippen LogP contribution in [0.25, 0.3) is 5.57 Å². The Morgan fingerprint density at radius 1 is 0.957 bits per heavy atom. The van der Waals surface area contributed by atoms with E-state index in [9.17, 15) is 4.79 Å². The highest BCUT2D eigenvalue weighted by molar-refractivity contribution is 5.79. The van der Waals surface area contributed by atoms with Crippen LogP contribution in [0.1, 0.15) is 24.0 Å². The number of carbonyl (C=O) groups is 1. The third-order valence-electron chi connectivity index (χ3n) is 3.57. The predicted octanol–water partition coefficient (Wildman–Crippen LogP) is 3.66. The molecule has 0 heterocycles. The molecule has 0 unspecified atom stereocenters. The van der Waals surface area contributed by atoms with Gasteiger partial charge >= 0.3 is 5.97 Å². The van der Waals surface area contributed by atoms with E-state index in [-0.39, 0.29) is 5.97 Å². The van der Waals surface area contributed by atoms with Crippen LogP contribution in [0, 0.1) is 0 Å². The smallest absolute Gasteiger partial charge is 0.306 e. The Kier molecular flexibility index (Phi) is 7.08. The van der Waals surface area contributed by atoms with E-state index in [1.165, 1.54) is 23.8 Å². The largest absolute Gasteiger partial charge is 0.469 e. The van der Waals surface area contributed by atoms with Crippen molar-refractivity contribution in [2.24, 2.45) is 0 Å². The zero-order chi connectivity index (χ0) is 16.3. The number of carbonyl (C=O) groups excluding carboxylic acids is 1. The molecule has 2 rings (SSSR count). The maximum absolute atomic E-state index is 11.0. The van der Waals surface area contributed by atoms with Crippen LogP contribution < -0.4 is 5.32 Å². The van der Waals surface area contributed by atoms with Crippen LogP contribution in [0.5, 0.6) is 0 Å². The van der Waals surface area contributed by atoms with Crippen molar-refractivity contribution >= 4 is 11.5 Å². The molecule has 0 amide bonds. The summed E-state index contributed by atoms with van der Waals surface area (Å²) in [4.78, 5) is 11.0. The zero-order valence-electron chi connectivity index (χ0n) is 13.5. The average molecular weight is 309 g/mol. The molecule has 0 bridgehead atoms. The van der Waals surface area contributed by atoms with Crippen molar-refractivity contribution in [2.45, 2.75) is 12.8 Å². The molecule has 1 N–H and O–H groups in total. The molecule has 3 nitrogen and oxygen atoms in total. The quantitative estimate of drug-likeness (QED) is 0.597. The van der Waals surface area contributed by atoms with Crippen LogP contribution in [-0.4, -0.2) is 26.2 Å². The third kappa shape index (κ3) is 5.72. The molecule has 0 saturated carbocycles. The summed E-state index contributed by atoms with van der Waals surface area (Å²) in [5, 5.41) is 3.26. The SMILES string of the molecule is COC(=O)CCNCCC=C(c1ccccc1)c1ccccc1. The van der Waals surface area contributed by atoms with Gasteiger partial charge in [-0.25, -0.2) is 0 Å². The average Bonchev–Trinajstić information content (AvgIpc) is 2.62. The Bertz CT molecular complexity index is 579. The van der Waals surface area contributed by atoms with E-state index in [4.69, 9.17) is 0 Å². The molecule has 3 heteroatoms. The molecule has 0 spiro atoms. The van der Waals surface area contributed by atoms with E-state index in [1.54, 1.807) is 0 Å². The van der Waals surface area contributed by atoms with Crippen molar-refractivity contribution in [2.75, 3.05) is 20.2 Å². The van der Waals surface area contributed by atoms with Gasteiger partial charge < -0.3 is 10.1 Å². The number of hydrogen-bond acceptors (Lipinski definition) is 3. The standard InChI is InChI=1S/C20H23NO2/c1-23-20(22)14-16-21-15-8-13-19(17-9-4-2-5-10-17)18-11-6-3-7-12-18/h2-7,9-13,21H,8,14-16H2,1H3. The summed E-state index contributed by atoms with van der Waals surface area (Å²) in [6.45, 7) is 1.48. The van der Waals surface area contributed by atoms with Gasteiger partial charge in [-0.2, -0.15) is 0 Å². The van der Waals surface area contributed by atoms with Crippen LogP contribution >= 0.6 is 0 Å². The lowest BCUT2D eigenvalue weighted by Crippen LogP contribution is -2.19. The van der Waals surface area contributed by atoms with Gasteiger partial charge in [0.2, 0.25) is 0 Å². The first-order chi connectivity index (χ1) is 11.3. The second kappa shape index (κ2) is 9.59. The van der Waals surface area contributed by atoms with E-state index in [0.29, 0.717) is 13.0 Å². The fourth-order valence-corrected chi connectivity index (χ4v) is 2.37. The maximum Gasteiger partial charge on any atom is 0.306 e. The Morgan fingerprint density at radius 3 is 2.04 bits per heavy atom. The van der Waals surface area contributed by atoms with Crippen LogP contribution in [0.4, 0.5) is 0 Å². The number of ether oxygens (including phenoxy) is 1. The molecular weight excluding hydrogens is 286 g/mol. The lowest BCUT2D eigenvalue weighted by atomic mass is 9.97. The highest BCUT2D eigenvalue weighted by atomic mass is 16.5. The van der Waals surface area contributed by atoms with Crippen LogP contribution in [-0.2, 0) is 9.53 Å². The maximum atomic E-state index is 11.0. The Morgan fingerprint density at radius 2 is 1.52 bits per heavy atom. The zero-order valence-corrected chi connectivity index (χ0v) is 13.5. The summed E-state index contributed by atoms with van der Waals surface area (Å²) in [5.74, 6) is -0.178. The molecule has 2 aromatic carbocycles. The van der Waals surface area contributed by atoms with E-state index in [1.807, 2.05) is 12.1 Å². The topological polar surface area (TPSA) is 38.3 Å². The van der Waals surface area contributed by atoms with E-state index in [2.05, 4.69) is 64.7 Å². The van der Waals surface area contributed by atoms with Crippen molar-refractivity contribution in [3.8, 4) is 0 Å². The summed E-state index contributed by atoms with van der Waals surface area (Å²) >= 11 is 0. The summed E-state index contributed by atoms with van der Waals surface area (Å²) in [7, 11) is 1.41. The minimum absolute atomic E-state index is 0.178. The summed E-state index contributed by atoms with van der Waals surface area (Å²) < 4.78 is 4.62. The molecule has 0 aliphatic heterocycles. The number of nitrogens with one attached hydrogen (secondary N) is 1. The molecule has 0 fully saturated rings. The lowest BCUT2D eigenvalue weighted by molar-refractivity contribution is -0.140. The summed E-state index contributed by atoms with van der Waals surface area (Å²) in [6.07, 6.45) is 3.56. The van der Waals surface area contributed by atoms with Gasteiger partial charge in [-0.3, -0.25) is 4.79 Å². The molecule has 0 radical (unpaired) electrons. The molecular formula is C20H23NO2. The monoisotopic (exact) mass is 309 g/mol. The number of esters is 1. The molecule has 0 aliphatic carbocycles. The van der Waals surface area contributed by atoms with Gasteiger partial charge in [0.15, 0.2) is 0 Å². The van der Waals surface area contributed by atoms with E-state index < -0.39 is 0 Å². The molecule has 0 atom stereocenters. The van der Waals surface area contributed by atoms with Crippen LogP contribution in [0.3, 0.4) is 0 Å². The first-order valence-electron chi connectivity index (χ1n) is 7.90. The van der Waals surface area contributed by atoms with Crippen molar-refractivity contribution in [1.29, 1.82) is 0 Å². The number of rotatable bonds is 8. The molecule has 0 aliphatic rings. The Balaban J connectivity index is 1.97. The molecule has 120 valence electrons. The van der Waals surface area contributed by atoms with Crippen LogP contribution in [0.15, 0.2) is 66.7 Å². The van der Waals surface area contributed by atoms with Crippen molar-refractivity contribution < 1.29 is 9.53 Å². The van der Waals surface area contributed by atoms with Gasteiger partial charge in [0, 0.05) is 6.54 Å². The molecule has 0 aromatic heterocycles. The second-order valence-corrected chi connectivity index (χ2v) is 5.21. The fourth-order valence-electron chi connectivity index (χ4n) is 2.37. The molecule has 23 heavy (non-hydrogen) atoms. The first-order valence-corrected chi connectivity index (χ1v) is 7.90. The number of methoxy groups -OCH3 is 1. The lowest BCUT2D eigenvalue weighted by Gasteiger charge is -2.09. The second-order valence-electron chi connectivity index (χ2n) is 5.21. The predicted molar refractivity (Wildman–Crippen MR) is 94.1 cm³/mol. The minimum atomic E-state index is -0.178. The normalized spacial score (nSPS) is 10.1. The number of benzene rings is 2.